The highest BCUT2D eigenvalue weighted by atomic mass is 16.2. The fourth-order valence-electron chi connectivity index (χ4n) is 4.33. The SMILES string of the molecule is CC(C)C(=O)N1CCC(N(C)C(=O)N=C2CCC(c3ccccc3)CC2)CC1. The first kappa shape index (κ1) is 20.6. The van der Waals surface area contributed by atoms with Crippen LogP contribution in [0.1, 0.15) is 63.9 Å². The van der Waals surface area contributed by atoms with Crippen molar-refractivity contribution in [1.29, 1.82) is 0 Å². The maximum atomic E-state index is 12.6. The maximum Gasteiger partial charge on any atom is 0.343 e. The molecule has 5 nitrogen and oxygen atoms in total. The van der Waals surface area contributed by atoms with Crippen molar-refractivity contribution in [1.82, 2.24) is 9.80 Å². The summed E-state index contributed by atoms with van der Waals surface area (Å²) in [7, 11) is 1.85. The summed E-state index contributed by atoms with van der Waals surface area (Å²) in [5.41, 5.74) is 2.43. The quantitative estimate of drug-likeness (QED) is 0.772. The first-order valence-electron chi connectivity index (χ1n) is 10.6. The average molecular weight is 384 g/mol. The van der Waals surface area contributed by atoms with Gasteiger partial charge in [-0.3, -0.25) is 4.79 Å². The molecule has 0 N–H and O–H groups in total. The number of nitrogens with zero attached hydrogens (tertiary/aromatic N) is 3. The Labute approximate surface area is 168 Å². The molecule has 0 atom stereocenters. The Morgan fingerprint density at radius 3 is 2.21 bits per heavy atom. The second-order valence-electron chi connectivity index (χ2n) is 8.47. The number of hydrogen-bond donors (Lipinski definition) is 0. The summed E-state index contributed by atoms with van der Waals surface area (Å²) in [6, 6.07) is 10.7. The Kier molecular flexibility index (Phi) is 6.87. The van der Waals surface area contributed by atoms with Gasteiger partial charge in [0.1, 0.15) is 0 Å². The minimum Gasteiger partial charge on any atom is -0.342 e. The highest BCUT2D eigenvalue weighted by molar-refractivity contribution is 5.95. The molecule has 1 aromatic rings. The lowest BCUT2D eigenvalue weighted by molar-refractivity contribution is -0.135. The third-order valence-corrected chi connectivity index (χ3v) is 6.21. The van der Waals surface area contributed by atoms with Crippen LogP contribution >= 0.6 is 0 Å². The van der Waals surface area contributed by atoms with Crippen molar-refractivity contribution >= 4 is 17.6 Å². The molecule has 28 heavy (non-hydrogen) atoms. The van der Waals surface area contributed by atoms with Crippen LogP contribution in [0.15, 0.2) is 35.3 Å². The molecule has 152 valence electrons. The lowest BCUT2D eigenvalue weighted by atomic mass is 9.83. The standard InChI is InChI=1S/C23H33N3O2/c1-17(2)22(27)26-15-13-21(14-16-26)25(3)23(28)24-20-11-9-19(10-12-20)18-7-5-4-6-8-18/h4-8,17,19,21H,9-16H2,1-3H3. The summed E-state index contributed by atoms with van der Waals surface area (Å²) in [5.74, 6) is 0.826. The Hall–Kier alpha value is -2.17. The number of aliphatic imine (C=N–C) groups is 1. The molecule has 2 fully saturated rings. The molecule has 0 spiro atoms. The third-order valence-electron chi connectivity index (χ3n) is 6.21. The molecule has 1 aromatic carbocycles. The number of urea groups is 1. The van der Waals surface area contributed by atoms with Crippen molar-refractivity contribution in [2.45, 2.75) is 64.3 Å². The van der Waals surface area contributed by atoms with Crippen LogP contribution in [0.4, 0.5) is 4.79 Å². The van der Waals surface area contributed by atoms with Crippen LogP contribution < -0.4 is 0 Å². The first-order valence-corrected chi connectivity index (χ1v) is 10.6. The van der Waals surface area contributed by atoms with Gasteiger partial charge in [0.25, 0.3) is 0 Å². The van der Waals surface area contributed by atoms with E-state index in [1.165, 1.54) is 5.56 Å². The minimum atomic E-state index is -0.123. The van der Waals surface area contributed by atoms with E-state index >= 15 is 0 Å². The molecule has 3 rings (SSSR count). The summed E-state index contributed by atoms with van der Waals surface area (Å²) in [4.78, 5) is 32.9. The molecule has 1 aliphatic carbocycles. The van der Waals surface area contributed by atoms with Crippen molar-refractivity contribution in [3.05, 3.63) is 35.9 Å². The molecule has 0 radical (unpaired) electrons. The monoisotopic (exact) mass is 383 g/mol. The number of likely N-dealkylation sites (tertiary alicyclic amines) is 1. The molecule has 0 unspecified atom stereocenters. The van der Waals surface area contributed by atoms with Gasteiger partial charge in [-0.15, -0.1) is 0 Å². The summed E-state index contributed by atoms with van der Waals surface area (Å²) in [6.07, 6.45) is 5.61. The molecule has 5 heteroatoms. The predicted octanol–water partition coefficient (Wildman–Crippen LogP) is 4.48. The van der Waals surface area contributed by atoms with Crippen LogP contribution in [0, 0.1) is 5.92 Å². The fraction of sp³-hybridized carbons (Fsp3) is 0.609. The number of benzene rings is 1. The Bertz CT molecular complexity index is 696. The summed E-state index contributed by atoms with van der Waals surface area (Å²) in [6.45, 7) is 5.34. The van der Waals surface area contributed by atoms with E-state index in [9.17, 15) is 9.59 Å². The number of hydrogen-bond acceptors (Lipinski definition) is 2. The van der Waals surface area contributed by atoms with Gasteiger partial charge < -0.3 is 9.80 Å². The van der Waals surface area contributed by atoms with E-state index in [-0.39, 0.29) is 23.9 Å². The van der Waals surface area contributed by atoms with Gasteiger partial charge in [0.15, 0.2) is 0 Å². The van der Waals surface area contributed by atoms with Crippen LogP contribution in [0.3, 0.4) is 0 Å². The molecule has 2 aliphatic rings. The first-order chi connectivity index (χ1) is 13.5. The van der Waals surface area contributed by atoms with Gasteiger partial charge in [0, 0.05) is 37.8 Å². The predicted molar refractivity (Wildman–Crippen MR) is 113 cm³/mol. The Morgan fingerprint density at radius 1 is 1.04 bits per heavy atom. The number of amides is 3. The van der Waals surface area contributed by atoms with E-state index in [0.717, 1.165) is 57.3 Å². The van der Waals surface area contributed by atoms with E-state index in [0.29, 0.717) is 5.92 Å². The van der Waals surface area contributed by atoms with Crippen LogP contribution in [0.2, 0.25) is 0 Å². The second-order valence-corrected chi connectivity index (χ2v) is 8.47. The van der Waals surface area contributed by atoms with Crippen LogP contribution in [0.25, 0.3) is 0 Å². The topological polar surface area (TPSA) is 53.0 Å². The zero-order valence-electron chi connectivity index (χ0n) is 17.4. The van der Waals surface area contributed by atoms with E-state index in [2.05, 4.69) is 35.3 Å². The average Bonchev–Trinajstić information content (AvgIpc) is 2.74. The van der Waals surface area contributed by atoms with E-state index in [1.54, 1.807) is 4.90 Å². The van der Waals surface area contributed by atoms with Gasteiger partial charge >= 0.3 is 6.03 Å². The zero-order chi connectivity index (χ0) is 20.1. The largest absolute Gasteiger partial charge is 0.343 e. The molecule has 0 aromatic heterocycles. The molecule has 1 saturated heterocycles. The van der Waals surface area contributed by atoms with Crippen molar-refractivity contribution in [2.75, 3.05) is 20.1 Å². The number of rotatable bonds is 3. The van der Waals surface area contributed by atoms with Crippen LogP contribution in [0.5, 0.6) is 0 Å². The highest BCUT2D eigenvalue weighted by Gasteiger charge is 2.28. The summed E-state index contributed by atoms with van der Waals surface area (Å²) >= 11 is 0. The van der Waals surface area contributed by atoms with Crippen molar-refractivity contribution < 1.29 is 9.59 Å². The summed E-state index contributed by atoms with van der Waals surface area (Å²) < 4.78 is 0. The van der Waals surface area contributed by atoms with Crippen LogP contribution in [-0.2, 0) is 4.79 Å². The van der Waals surface area contributed by atoms with Crippen molar-refractivity contribution in [3.63, 3.8) is 0 Å². The molecule has 0 bridgehead atoms. The van der Waals surface area contributed by atoms with Crippen LogP contribution in [-0.4, -0.2) is 53.6 Å². The Morgan fingerprint density at radius 2 is 1.64 bits per heavy atom. The fourth-order valence-corrected chi connectivity index (χ4v) is 4.33. The van der Waals surface area contributed by atoms with Gasteiger partial charge in [-0.2, -0.15) is 0 Å². The lowest BCUT2D eigenvalue weighted by Gasteiger charge is -2.36. The van der Waals surface area contributed by atoms with Gasteiger partial charge in [0.2, 0.25) is 5.91 Å². The third kappa shape index (κ3) is 5.00. The number of piperidine rings is 1. The maximum absolute atomic E-state index is 12.6. The van der Waals surface area contributed by atoms with Gasteiger partial charge in [-0.25, -0.2) is 9.79 Å². The smallest absolute Gasteiger partial charge is 0.342 e. The van der Waals surface area contributed by atoms with E-state index < -0.39 is 0 Å². The van der Waals surface area contributed by atoms with Gasteiger partial charge in [-0.05, 0) is 50.0 Å². The van der Waals surface area contributed by atoms with E-state index in [4.69, 9.17) is 0 Å². The molecular weight excluding hydrogens is 350 g/mol. The van der Waals surface area contributed by atoms with Crippen molar-refractivity contribution in [2.24, 2.45) is 10.9 Å². The molecule has 1 saturated carbocycles. The second kappa shape index (κ2) is 9.35. The summed E-state index contributed by atoms with van der Waals surface area (Å²) in [5, 5.41) is 0. The normalized spacial score (nSPS) is 20.9. The molecule has 1 aliphatic heterocycles. The highest BCUT2D eigenvalue weighted by Crippen LogP contribution is 2.31. The minimum absolute atomic E-state index is 0.0355. The molecule has 1 heterocycles. The zero-order valence-corrected chi connectivity index (χ0v) is 17.4. The molecular formula is C23H33N3O2. The lowest BCUT2D eigenvalue weighted by Crippen LogP contribution is -2.47. The number of carbonyl (C=O) groups excluding carboxylic acids is 2. The Balaban J connectivity index is 1.49. The van der Waals surface area contributed by atoms with E-state index in [1.807, 2.05) is 25.8 Å². The van der Waals surface area contributed by atoms with Crippen molar-refractivity contribution in [3.8, 4) is 0 Å². The van der Waals surface area contributed by atoms with Gasteiger partial charge in [0.05, 0.1) is 0 Å². The molecule has 3 amide bonds. The number of carbonyl (C=O) groups is 2. The van der Waals surface area contributed by atoms with Gasteiger partial charge in [-0.1, -0.05) is 44.2 Å².